The second-order valence-electron chi connectivity index (χ2n) is 5.23. The molecule has 0 saturated heterocycles. The SMILES string of the molecule is CS(=O)CCCNC(=O)C(C)(C)C(C)(C)N. The molecule has 0 aromatic rings. The number of hydrogen-bond acceptors (Lipinski definition) is 3. The highest BCUT2D eigenvalue weighted by Gasteiger charge is 2.39. The topological polar surface area (TPSA) is 72.2 Å². The first-order valence-electron chi connectivity index (χ1n) is 5.46. The number of hydrogen-bond donors (Lipinski definition) is 2. The average molecular weight is 248 g/mol. The van der Waals surface area contributed by atoms with Gasteiger partial charge in [-0.1, -0.05) is 0 Å². The van der Waals surface area contributed by atoms with Gasteiger partial charge in [0.1, 0.15) is 0 Å². The van der Waals surface area contributed by atoms with E-state index < -0.39 is 21.8 Å². The second-order valence-corrected chi connectivity index (χ2v) is 6.79. The van der Waals surface area contributed by atoms with Gasteiger partial charge in [0, 0.05) is 34.9 Å². The number of nitrogens with two attached hydrogens (primary N) is 1. The van der Waals surface area contributed by atoms with Crippen molar-refractivity contribution < 1.29 is 9.00 Å². The molecule has 96 valence electrons. The van der Waals surface area contributed by atoms with Gasteiger partial charge in [0.15, 0.2) is 0 Å². The molecule has 0 aliphatic carbocycles. The minimum atomic E-state index is -0.795. The minimum Gasteiger partial charge on any atom is -0.356 e. The van der Waals surface area contributed by atoms with Gasteiger partial charge in [-0.3, -0.25) is 9.00 Å². The van der Waals surface area contributed by atoms with Crippen LogP contribution in [0.5, 0.6) is 0 Å². The van der Waals surface area contributed by atoms with Crippen molar-refractivity contribution in [3.05, 3.63) is 0 Å². The van der Waals surface area contributed by atoms with Crippen LogP contribution in [-0.4, -0.2) is 34.2 Å². The highest BCUT2D eigenvalue weighted by molar-refractivity contribution is 7.84. The summed E-state index contributed by atoms with van der Waals surface area (Å²) in [5.74, 6) is 0.564. The average Bonchev–Trinajstić information content (AvgIpc) is 2.09. The molecule has 5 heteroatoms. The van der Waals surface area contributed by atoms with Crippen LogP contribution in [0.25, 0.3) is 0 Å². The van der Waals surface area contributed by atoms with E-state index in [9.17, 15) is 9.00 Å². The fourth-order valence-electron chi connectivity index (χ4n) is 0.991. The molecule has 4 nitrogen and oxygen atoms in total. The van der Waals surface area contributed by atoms with Gasteiger partial charge in [0.05, 0.1) is 5.41 Å². The van der Waals surface area contributed by atoms with E-state index in [1.807, 2.05) is 27.7 Å². The summed E-state index contributed by atoms with van der Waals surface area (Å²) in [7, 11) is -0.795. The molecular weight excluding hydrogens is 224 g/mol. The maximum Gasteiger partial charge on any atom is 0.227 e. The maximum absolute atomic E-state index is 11.9. The smallest absolute Gasteiger partial charge is 0.227 e. The summed E-state index contributed by atoms with van der Waals surface area (Å²) < 4.78 is 10.8. The molecule has 0 aromatic carbocycles. The molecule has 0 saturated carbocycles. The van der Waals surface area contributed by atoms with Crippen molar-refractivity contribution in [2.45, 2.75) is 39.7 Å². The van der Waals surface area contributed by atoms with Crippen LogP contribution < -0.4 is 11.1 Å². The third kappa shape index (κ3) is 4.61. The van der Waals surface area contributed by atoms with Crippen molar-refractivity contribution in [3.8, 4) is 0 Å². The summed E-state index contributed by atoms with van der Waals surface area (Å²) >= 11 is 0. The van der Waals surface area contributed by atoms with Gasteiger partial charge in [0.2, 0.25) is 5.91 Å². The quantitative estimate of drug-likeness (QED) is 0.677. The van der Waals surface area contributed by atoms with Crippen molar-refractivity contribution in [2.75, 3.05) is 18.6 Å². The Balaban J connectivity index is 4.12. The van der Waals surface area contributed by atoms with Crippen LogP contribution in [0.4, 0.5) is 0 Å². The Morgan fingerprint density at radius 2 is 1.81 bits per heavy atom. The van der Waals surface area contributed by atoms with Gasteiger partial charge >= 0.3 is 0 Å². The second kappa shape index (κ2) is 5.77. The first kappa shape index (κ1) is 15.6. The Morgan fingerprint density at radius 3 is 2.19 bits per heavy atom. The van der Waals surface area contributed by atoms with Gasteiger partial charge < -0.3 is 11.1 Å². The first-order valence-corrected chi connectivity index (χ1v) is 7.19. The molecule has 0 radical (unpaired) electrons. The van der Waals surface area contributed by atoms with E-state index >= 15 is 0 Å². The van der Waals surface area contributed by atoms with Crippen LogP contribution in [0.2, 0.25) is 0 Å². The molecule has 16 heavy (non-hydrogen) atoms. The fourth-order valence-corrected chi connectivity index (χ4v) is 1.54. The van der Waals surface area contributed by atoms with Gasteiger partial charge in [0.25, 0.3) is 0 Å². The van der Waals surface area contributed by atoms with E-state index in [4.69, 9.17) is 5.73 Å². The molecule has 0 heterocycles. The Morgan fingerprint density at radius 1 is 1.31 bits per heavy atom. The molecule has 0 spiro atoms. The Labute approximate surface area is 101 Å². The fraction of sp³-hybridized carbons (Fsp3) is 0.909. The van der Waals surface area contributed by atoms with Crippen molar-refractivity contribution in [1.29, 1.82) is 0 Å². The van der Waals surface area contributed by atoms with E-state index in [2.05, 4.69) is 5.32 Å². The van der Waals surface area contributed by atoms with Crippen LogP contribution in [0.3, 0.4) is 0 Å². The van der Waals surface area contributed by atoms with Crippen LogP contribution in [0.1, 0.15) is 34.1 Å². The minimum absolute atomic E-state index is 0.0538. The highest BCUT2D eigenvalue weighted by atomic mass is 32.2. The van der Waals surface area contributed by atoms with Crippen molar-refractivity contribution in [2.24, 2.45) is 11.1 Å². The number of rotatable bonds is 6. The van der Waals surface area contributed by atoms with E-state index in [-0.39, 0.29) is 5.91 Å². The van der Waals surface area contributed by atoms with E-state index in [1.54, 1.807) is 6.26 Å². The van der Waals surface area contributed by atoms with Gasteiger partial charge in [-0.25, -0.2) is 0 Å². The lowest BCUT2D eigenvalue weighted by Crippen LogP contribution is -2.55. The zero-order valence-corrected chi connectivity index (χ0v) is 11.7. The Hall–Kier alpha value is -0.420. The molecule has 0 aliphatic rings. The van der Waals surface area contributed by atoms with Crippen LogP contribution in [-0.2, 0) is 15.6 Å². The molecule has 1 atom stereocenters. The monoisotopic (exact) mass is 248 g/mol. The summed E-state index contributed by atoms with van der Waals surface area (Å²) in [4.78, 5) is 11.9. The number of carbonyl (C=O) groups is 1. The number of nitrogens with one attached hydrogen (secondary N) is 1. The highest BCUT2D eigenvalue weighted by Crippen LogP contribution is 2.28. The third-order valence-corrected chi connectivity index (χ3v) is 3.94. The molecule has 0 rings (SSSR count). The molecule has 0 aliphatic heterocycles. The zero-order valence-electron chi connectivity index (χ0n) is 10.9. The summed E-state index contributed by atoms with van der Waals surface area (Å²) in [5.41, 5.74) is 4.78. The molecule has 3 N–H and O–H groups in total. The summed E-state index contributed by atoms with van der Waals surface area (Å²) in [6.45, 7) is 7.90. The largest absolute Gasteiger partial charge is 0.356 e. The summed E-state index contributed by atoms with van der Waals surface area (Å²) in [6, 6.07) is 0. The lowest BCUT2D eigenvalue weighted by molar-refractivity contribution is -0.132. The normalized spacial score (nSPS) is 14.6. The Bertz CT molecular complexity index is 270. The van der Waals surface area contributed by atoms with Crippen LogP contribution >= 0.6 is 0 Å². The predicted octanol–water partition coefficient (Wildman–Crippen LogP) is 0.635. The Kier molecular flexibility index (Phi) is 5.62. The predicted molar refractivity (Wildman–Crippen MR) is 68.6 cm³/mol. The van der Waals surface area contributed by atoms with Gasteiger partial charge in [-0.05, 0) is 34.1 Å². The van der Waals surface area contributed by atoms with E-state index in [1.165, 1.54) is 0 Å². The first-order chi connectivity index (χ1) is 7.09. The van der Waals surface area contributed by atoms with E-state index in [0.717, 1.165) is 6.42 Å². The standard InChI is InChI=1S/C11H24N2O2S/c1-10(2,11(3,4)12)9(14)13-7-6-8-16(5)15/h6-8,12H2,1-5H3,(H,13,14). The van der Waals surface area contributed by atoms with Crippen LogP contribution in [0.15, 0.2) is 0 Å². The van der Waals surface area contributed by atoms with E-state index in [0.29, 0.717) is 12.3 Å². The number of carbonyl (C=O) groups excluding carboxylic acids is 1. The summed E-state index contributed by atoms with van der Waals surface area (Å²) in [5, 5.41) is 2.83. The molecule has 0 aromatic heterocycles. The molecular formula is C11H24N2O2S. The lowest BCUT2D eigenvalue weighted by Gasteiger charge is -2.36. The maximum atomic E-state index is 11.9. The molecule has 0 fully saturated rings. The number of amides is 1. The van der Waals surface area contributed by atoms with Gasteiger partial charge in [-0.2, -0.15) is 0 Å². The van der Waals surface area contributed by atoms with Crippen molar-refractivity contribution >= 4 is 16.7 Å². The van der Waals surface area contributed by atoms with Crippen molar-refractivity contribution in [1.82, 2.24) is 5.32 Å². The van der Waals surface area contributed by atoms with Crippen molar-refractivity contribution in [3.63, 3.8) is 0 Å². The molecule has 0 bridgehead atoms. The molecule has 1 amide bonds. The van der Waals surface area contributed by atoms with Crippen LogP contribution in [0, 0.1) is 5.41 Å². The van der Waals surface area contributed by atoms with Gasteiger partial charge in [-0.15, -0.1) is 0 Å². The lowest BCUT2D eigenvalue weighted by atomic mass is 9.74. The zero-order chi connectivity index (χ0) is 13.0. The summed E-state index contributed by atoms with van der Waals surface area (Å²) in [6.07, 6.45) is 2.39. The molecule has 1 unspecified atom stereocenters. The third-order valence-electron chi connectivity index (χ3n) is 3.07.